The Morgan fingerprint density at radius 1 is 1.33 bits per heavy atom. The summed E-state index contributed by atoms with van der Waals surface area (Å²) in [6.45, 7) is 5.59. The Hall–Kier alpha value is -2.47. The molecule has 1 aliphatic heterocycles. The van der Waals surface area contributed by atoms with Gasteiger partial charge < -0.3 is 14.6 Å². The van der Waals surface area contributed by atoms with Gasteiger partial charge in [-0.2, -0.15) is 0 Å². The van der Waals surface area contributed by atoms with E-state index in [-0.39, 0.29) is 35.6 Å². The van der Waals surface area contributed by atoms with Crippen LogP contribution in [0.4, 0.5) is 4.39 Å². The highest BCUT2D eigenvalue weighted by molar-refractivity contribution is 5.87. The van der Waals surface area contributed by atoms with Crippen molar-refractivity contribution >= 4 is 18.0 Å². The highest BCUT2D eigenvalue weighted by Crippen LogP contribution is 2.52. The minimum Gasteiger partial charge on any atom is -0.457 e. The van der Waals surface area contributed by atoms with E-state index in [1.165, 1.54) is 18.2 Å². The SMILES string of the molecule is CC1=C2C(C[C@@H]1OC(=O)/C=C/c1ccc(F)cc1)[C@](C)(O)CC[C@H]1[C@H](C)C(=O)O[C@H]21. The van der Waals surface area contributed by atoms with Gasteiger partial charge in [-0.05, 0) is 68.0 Å². The Balaban J connectivity index is 1.54. The normalized spacial score (nSPS) is 35.8. The molecule has 1 aromatic carbocycles. The van der Waals surface area contributed by atoms with E-state index >= 15 is 0 Å². The molecule has 6 heteroatoms. The van der Waals surface area contributed by atoms with Gasteiger partial charge in [-0.15, -0.1) is 0 Å². The molecule has 1 saturated carbocycles. The van der Waals surface area contributed by atoms with Crippen molar-refractivity contribution in [3.63, 3.8) is 0 Å². The minimum absolute atomic E-state index is 0.0340. The van der Waals surface area contributed by atoms with Crippen molar-refractivity contribution in [2.75, 3.05) is 0 Å². The van der Waals surface area contributed by atoms with Crippen molar-refractivity contribution in [1.82, 2.24) is 0 Å². The lowest BCUT2D eigenvalue weighted by Crippen LogP contribution is -2.35. The standard InChI is InChI=1S/C24H27FO5/c1-13-17-10-11-24(3,28)18-12-19(14(2)21(18)22(17)30-23(13)27)29-20(26)9-6-15-4-7-16(25)8-5-15/h4-9,13,17-19,22,28H,10-12H2,1-3H3/b9-6+/t13-,17-,18?,19-,22-,24+/m0/s1. The molecule has 1 aromatic rings. The van der Waals surface area contributed by atoms with Gasteiger partial charge in [0.2, 0.25) is 0 Å². The fourth-order valence-corrected chi connectivity index (χ4v) is 5.13. The molecule has 1 N–H and O–H groups in total. The zero-order chi connectivity index (χ0) is 21.6. The third-order valence-electron chi connectivity index (χ3n) is 6.99. The Labute approximate surface area is 175 Å². The molecular weight excluding hydrogens is 387 g/mol. The van der Waals surface area contributed by atoms with Gasteiger partial charge in [-0.3, -0.25) is 4.79 Å². The Morgan fingerprint density at radius 2 is 2.03 bits per heavy atom. The molecule has 0 amide bonds. The van der Waals surface area contributed by atoms with E-state index in [9.17, 15) is 19.1 Å². The van der Waals surface area contributed by atoms with Crippen LogP contribution >= 0.6 is 0 Å². The van der Waals surface area contributed by atoms with E-state index in [1.54, 1.807) is 18.2 Å². The maximum absolute atomic E-state index is 13.0. The summed E-state index contributed by atoms with van der Waals surface area (Å²) in [5.41, 5.74) is 1.53. The first-order valence-electron chi connectivity index (χ1n) is 10.4. The van der Waals surface area contributed by atoms with Gasteiger partial charge in [-0.25, -0.2) is 9.18 Å². The zero-order valence-corrected chi connectivity index (χ0v) is 17.4. The molecule has 1 unspecified atom stereocenters. The van der Waals surface area contributed by atoms with Gasteiger partial charge in [0, 0.05) is 17.9 Å². The monoisotopic (exact) mass is 414 g/mol. The van der Waals surface area contributed by atoms with Gasteiger partial charge in [0.25, 0.3) is 0 Å². The van der Waals surface area contributed by atoms with Crippen LogP contribution in [0.5, 0.6) is 0 Å². The Kier molecular flexibility index (Phi) is 5.30. The molecule has 0 bridgehead atoms. The Morgan fingerprint density at radius 3 is 2.73 bits per heavy atom. The largest absolute Gasteiger partial charge is 0.457 e. The summed E-state index contributed by atoms with van der Waals surface area (Å²) in [4.78, 5) is 24.6. The average Bonchev–Trinajstić information content (AvgIpc) is 3.13. The molecular formula is C24H27FO5. The fourth-order valence-electron chi connectivity index (χ4n) is 5.13. The predicted molar refractivity (Wildman–Crippen MR) is 109 cm³/mol. The van der Waals surface area contributed by atoms with Crippen LogP contribution in [0.3, 0.4) is 0 Å². The van der Waals surface area contributed by atoms with Crippen molar-refractivity contribution in [2.45, 2.75) is 57.8 Å². The van der Waals surface area contributed by atoms with Gasteiger partial charge in [0.1, 0.15) is 18.0 Å². The first-order chi connectivity index (χ1) is 14.2. The molecule has 3 aliphatic rings. The van der Waals surface area contributed by atoms with Crippen molar-refractivity contribution in [3.8, 4) is 0 Å². The Bertz CT molecular complexity index is 914. The molecule has 30 heavy (non-hydrogen) atoms. The number of ether oxygens (including phenoxy) is 2. The molecule has 160 valence electrons. The summed E-state index contributed by atoms with van der Waals surface area (Å²) in [6.07, 6.45) is 3.83. The molecule has 1 heterocycles. The quantitative estimate of drug-likeness (QED) is 0.463. The summed E-state index contributed by atoms with van der Waals surface area (Å²) in [6, 6.07) is 5.80. The summed E-state index contributed by atoms with van der Waals surface area (Å²) in [7, 11) is 0. The van der Waals surface area contributed by atoms with Crippen LogP contribution in [0.15, 0.2) is 41.5 Å². The van der Waals surface area contributed by atoms with Gasteiger partial charge in [0.05, 0.1) is 11.5 Å². The van der Waals surface area contributed by atoms with Crippen molar-refractivity contribution in [3.05, 3.63) is 52.9 Å². The van der Waals surface area contributed by atoms with Crippen LogP contribution in [0, 0.1) is 23.6 Å². The van der Waals surface area contributed by atoms with E-state index in [1.807, 2.05) is 20.8 Å². The maximum Gasteiger partial charge on any atom is 0.331 e. The van der Waals surface area contributed by atoms with Gasteiger partial charge >= 0.3 is 11.9 Å². The van der Waals surface area contributed by atoms with E-state index < -0.39 is 17.7 Å². The van der Waals surface area contributed by atoms with E-state index in [4.69, 9.17) is 9.47 Å². The number of fused-ring (bicyclic) bond motifs is 3. The topological polar surface area (TPSA) is 72.8 Å². The number of hydrogen-bond acceptors (Lipinski definition) is 5. The number of carbonyl (C=O) groups is 2. The highest BCUT2D eigenvalue weighted by atomic mass is 19.1. The second kappa shape index (κ2) is 7.65. The first kappa shape index (κ1) is 20.8. The van der Waals surface area contributed by atoms with Gasteiger partial charge in [-0.1, -0.05) is 19.1 Å². The number of rotatable bonds is 3. The molecule has 5 nitrogen and oxygen atoms in total. The van der Waals surface area contributed by atoms with E-state index in [0.29, 0.717) is 18.4 Å². The second-order valence-corrected chi connectivity index (χ2v) is 8.94. The van der Waals surface area contributed by atoms with Crippen molar-refractivity contribution < 1.29 is 28.6 Å². The number of carbonyl (C=O) groups excluding carboxylic acids is 2. The van der Waals surface area contributed by atoms with E-state index in [2.05, 4.69) is 0 Å². The highest BCUT2D eigenvalue weighted by Gasteiger charge is 2.55. The molecule has 4 rings (SSSR count). The molecule has 1 saturated heterocycles. The third kappa shape index (κ3) is 3.69. The van der Waals surface area contributed by atoms with Crippen LogP contribution in [0.25, 0.3) is 6.08 Å². The third-order valence-corrected chi connectivity index (χ3v) is 6.99. The predicted octanol–water partition coefficient (Wildman–Crippen LogP) is 3.81. The fraction of sp³-hybridized carbons (Fsp3) is 0.500. The lowest BCUT2D eigenvalue weighted by Gasteiger charge is -2.31. The van der Waals surface area contributed by atoms with Crippen LogP contribution in [-0.4, -0.2) is 34.9 Å². The molecule has 2 aliphatic carbocycles. The van der Waals surface area contributed by atoms with Crippen LogP contribution in [-0.2, 0) is 19.1 Å². The number of hydrogen-bond donors (Lipinski definition) is 1. The molecule has 2 fully saturated rings. The number of benzene rings is 1. The van der Waals surface area contributed by atoms with E-state index in [0.717, 1.165) is 17.6 Å². The van der Waals surface area contributed by atoms with Gasteiger partial charge in [0.15, 0.2) is 0 Å². The number of halogens is 1. The first-order valence-corrected chi connectivity index (χ1v) is 10.4. The second-order valence-electron chi connectivity index (χ2n) is 8.94. The number of esters is 2. The summed E-state index contributed by atoms with van der Waals surface area (Å²) in [5, 5.41) is 11.1. The molecule has 6 atom stereocenters. The zero-order valence-electron chi connectivity index (χ0n) is 17.4. The van der Waals surface area contributed by atoms with Crippen LogP contribution in [0.1, 0.15) is 45.6 Å². The molecule has 0 radical (unpaired) electrons. The smallest absolute Gasteiger partial charge is 0.331 e. The molecule has 0 aromatic heterocycles. The minimum atomic E-state index is -0.946. The summed E-state index contributed by atoms with van der Waals surface area (Å²) in [5.74, 6) is -1.43. The lowest BCUT2D eigenvalue weighted by molar-refractivity contribution is -0.143. The van der Waals surface area contributed by atoms with Crippen LogP contribution < -0.4 is 0 Å². The van der Waals surface area contributed by atoms with Crippen LogP contribution in [0.2, 0.25) is 0 Å². The summed E-state index contributed by atoms with van der Waals surface area (Å²) < 4.78 is 24.4. The molecule has 0 spiro atoms. The number of aliphatic hydroxyl groups is 1. The van der Waals surface area contributed by atoms with Crippen molar-refractivity contribution in [1.29, 1.82) is 0 Å². The maximum atomic E-state index is 13.0. The summed E-state index contributed by atoms with van der Waals surface area (Å²) >= 11 is 0. The average molecular weight is 414 g/mol. The lowest BCUT2D eigenvalue weighted by atomic mass is 9.81. The van der Waals surface area contributed by atoms with Crippen molar-refractivity contribution in [2.24, 2.45) is 17.8 Å².